The van der Waals surface area contributed by atoms with E-state index in [0.717, 1.165) is 11.1 Å². The lowest BCUT2D eigenvalue weighted by Gasteiger charge is -2.26. The molecular weight excluding hydrogens is 596 g/mol. The Hall–Kier alpha value is -6.28. The van der Waals surface area contributed by atoms with Crippen LogP contribution in [-0.2, 0) is 14.9 Å². The van der Waals surface area contributed by atoms with Crippen molar-refractivity contribution in [3.63, 3.8) is 0 Å². The standard InChI is InChI=1S/C39H24O8/c1-39(2,21-9-13-23(14-10-21)44-31-19-17-29-33-25(31)5-3-7-27(33)35(40)46-37(29)42)22-11-15-24(16-12-22)45-32-20-18-30-34-26(32)6-4-8-28(34)36(41)47-38(30)43/h3-20H,1-2H3. The number of esters is 4. The Labute approximate surface area is 268 Å². The van der Waals surface area contributed by atoms with Gasteiger partial charge in [-0.15, -0.1) is 0 Å². The van der Waals surface area contributed by atoms with Gasteiger partial charge in [0.15, 0.2) is 0 Å². The van der Waals surface area contributed by atoms with Crippen LogP contribution in [0.4, 0.5) is 0 Å². The summed E-state index contributed by atoms with van der Waals surface area (Å²) < 4.78 is 22.2. The summed E-state index contributed by atoms with van der Waals surface area (Å²) in [5, 5.41) is 2.36. The maximum absolute atomic E-state index is 12.3. The fourth-order valence-electron chi connectivity index (χ4n) is 6.31. The molecule has 0 saturated heterocycles. The first kappa shape index (κ1) is 28.2. The summed E-state index contributed by atoms with van der Waals surface area (Å²) in [5.41, 5.74) is 3.09. The zero-order valence-corrected chi connectivity index (χ0v) is 25.2. The van der Waals surface area contributed by atoms with Crippen LogP contribution in [0.1, 0.15) is 66.4 Å². The molecule has 8 rings (SSSR count). The van der Waals surface area contributed by atoms with E-state index in [4.69, 9.17) is 18.9 Å². The molecule has 6 aromatic carbocycles. The third-order valence-corrected chi connectivity index (χ3v) is 8.86. The smallest absolute Gasteiger partial charge is 0.346 e. The highest BCUT2D eigenvalue weighted by atomic mass is 16.6. The number of hydrogen-bond donors (Lipinski definition) is 0. The Kier molecular flexibility index (Phi) is 6.23. The van der Waals surface area contributed by atoms with Gasteiger partial charge in [0.05, 0.1) is 22.3 Å². The third-order valence-electron chi connectivity index (χ3n) is 8.86. The van der Waals surface area contributed by atoms with Crippen molar-refractivity contribution in [1.82, 2.24) is 0 Å². The summed E-state index contributed by atoms with van der Waals surface area (Å²) in [6.07, 6.45) is 0. The van der Waals surface area contributed by atoms with Gasteiger partial charge in [-0.3, -0.25) is 0 Å². The first-order chi connectivity index (χ1) is 22.7. The van der Waals surface area contributed by atoms with Crippen LogP contribution in [0.2, 0.25) is 0 Å². The van der Waals surface area contributed by atoms with Crippen LogP contribution >= 0.6 is 0 Å². The maximum atomic E-state index is 12.3. The Morgan fingerprint density at radius 1 is 0.447 bits per heavy atom. The van der Waals surface area contributed by atoms with E-state index in [9.17, 15) is 19.2 Å². The highest BCUT2D eigenvalue weighted by molar-refractivity contribution is 6.22. The molecule has 8 heteroatoms. The maximum Gasteiger partial charge on any atom is 0.346 e. The normalized spacial score (nSPS) is 13.8. The third kappa shape index (κ3) is 4.53. The van der Waals surface area contributed by atoms with Gasteiger partial charge < -0.3 is 18.9 Å². The minimum Gasteiger partial charge on any atom is -0.457 e. The van der Waals surface area contributed by atoms with Crippen LogP contribution in [0.5, 0.6) is 23.0 Å². The van der Waals surface area contributed by atoms with Crippen molar-refractivity contribution in [2.45, 2.75) is 19.3 Å². The largest absolute Gasteiger partial charge is 0.457 e. The highest BCUT2D eigenvalue weighted by Crippen LogP contribution is 2.40. The van der Waals surface area contributed by atoms with E-state index in [1.165, 1.54) is 0 Å². The van der Waals surface area contributed by atoms with Gasteiger partial charge in [-0.25, -0.2) is 19.2 Å². The molecule has 0 amide bonds. The number of cyclic esters (lactones) is 4. The van der Waals surface area contributed by atoms with E-state index < -0.39 is 23.9 Å². The van der Waals surface area contributed by atoms with E-state index in [0.29, 0.717) is 66.8 Å². The number of carbonyl (C=O) groups is 4. The summed E-state index contributed by atoms with van der Waals surface area (Å²) in [6, 6.07) is 32.6. The Morgan fingerprint density at radius 2 is 0.809 bits per heavy atom. The van der Waals surface area contributed by atoms with Gasteiger partial charge in [0.1, 0.15) is 23.0 Å². The van der Waals surface area contributed by atoms with E-state index >= 15 is 0 Å². The summed E-state index contributed by atoms with van der Waals surface area (Å²) in [4.78, 5) is 49.2. The van der Waals surface area contributed by atoms with Gasteiger partial charge in [0.2, 0.25) is 0 Å². The van der Waals surface area contributed by atoms with Crippen molar-refractivity contribution < 1.29 is 38.1 Å². The van der Waals surface area contributed by atoms with E-state index in [1.54, 1.807) is 48.5 Å². The molecular formula is C39H24O8. The van der Waals surface area contributed by atoms with E-state index in [-0.39, 0.29) is 5.41 Å². The Bertz CT molecular complexity index is 2130. The summed E-state index contributed by atoms with van der Waals surface area (Å²) in [5.74, 6) is -0.406. The average Bonchev–Trinajstić information content (AvgIpc) is 3.07. The van der Waals surface area contributed by atoms with Gasteiger partial charge in [-0.05, 0) is 71.8 Å². The predicted molar refractivity (Wildman–Crippen MR) is 173 cm³/mol. The lowest BCUT2D eigenvalue weighted by molar-refractivity contribution is 0.0373. The second-order valence-corrected chi connectivity index (χ2v) is 11.9. The lowest BCUT2D eigenvalue weighted by atomic mass is 9.78. The summed E-state index contributed by atoms with van der Waals surface area (Å²) in [7, 11) is 0. The number of ether oxygens (including phenoxy) is 4. The molecule has 0 atom stereocenters. The minimum absolute atomic E-state index is 0.333. The molecule has 2 aliphatic heterocycles. The average molecular weight is 621 g/mol. The fraction of sp³-hybridized carbons (Fsp3) is 0.0769. The second-order valence-electron chi connectivity index (χ2n) is 11.9. The number of carbonyl (C=O) groups excluding carboxylic acids is 4. The Balaban J connectivity index is 1.03. The first-order valence-corrected chi connectivity index (χ1v) is 14.9. The van der Waals surface area contributed by atoms with E-state index in [1.807, 2.05) is 60.7 Å². The zero-order valence-electron chi connectivity index (χ0n) is 25.2. The summed E-state index contributed by atoms with van der Waals surface area (Å²) >= 11 is 0. The fourth-order valence-corrected chi connectivity index (χ4v) is 6.31. The van der Waals surface area contributed by atoms with Crippen LogP contribution in [0, 0.1) is 0 Å². The molecule has 0 aromatic heterocycles. The molecule has 6 aromatic rings. The number of benzene rings is 6. The molecule has 0 aliphatic carbocycles. The molecule has 0 fully saturated rings. The molecule has 228 valence electrons. The zero-order chi connectivity index (χ0) is 32.4. The van der Waals surface area contributed by atoms with Crippen molar-refractivity contribution in [1.29, 1.82) is 0 Å². The molecule has 2 heterocycles. The first-order valence-electron chi connectivity index (χ1n) is 14.9. The number of hydrogen-bond acceptors (Lipinski definition) is 8. The van der Waals surface area contributed by atoms with Gasteiger partial charge in [0, 0.05) is 27.0 Å². The molecule has 0 spiro atoms. The molecule has 0 saturated carbocycles. The molecule has 0 N–H and O–H groups in total. The summed E-state index contributed by atoms with van der Waals surface area (Å²) in [6.45, 7) is 4.26. The SMILES string of the molecule is CC(C)(c1ccc(Oc2ccc3c4c(cccc24)C(=O)OC3=O)cc1)c1ccc(Oc2ccc3c4c(cccc24)C(=O)OC3=O)cc1. The lowest BCUT2D eigenvalue weighted by Crippen LogP contribution is -2.19. The molecule has 0 unspecified atom stereocenters. The van der Waals surface area contributed by atoms with Crippen molar-refractivity contribution in [3.05, 3.63) is 143 Å². The molecule has 0 bridgehead atoms. The van der Waals surface area contributed by atoms with Gasteiger partial charge in [-0.2, -0.15) is 0 Å². The van der Waals surface area contributed by atoms with Gasteiger partial charge in [0.25, 0.3) is 0 Å². The van der Waals surface area contributed by atoms with Crippen LogP contribution in [0.25, 0.3) is 21.5 Å². The molecule has 47 heavy (non-hydrogen) atoms. The van der Waals surface area contributed by atoms with Crippen molar-refractivity contribution in [2.24, 2.45) is 0 Å². The van der Waals surface area contributed by atoms with Crippen molar-refractivity contribution in [2.75, 3.05) is 0 Å². The van der Waals surface area contributed by atoms with Crippen LogP contribution in [-0.4, -0.2) is 23.9 Å². The minimum atomic E-state index is -0.668. The highest BCUT2D eigenvalue weighted by Gasteiger charge is 2.30. The quantitative estimate of drug-likeness (QED) is 0.135. The topological polar surface area (TPSA) is 105 Å². The van der Waals surface area contributed by atoms with Gasteiger partial charge in [-0.1, -0.05) is 62.4 Å². The van der Waals surface area contributed by atoms with Crippen LogP contribution < -0.4 is 9.47 Å². The molecule has 8 nitrogen and oxygen atoms in total. The monoisotopic (exact) mass is 620 g/mol. The van der Waals surface area contributed by atoms with Crippen LogP contribution in [0.3, 0.4) is 0 Å². The molecule has 2 aliphatic rings. The van der Waals surface area contributed by atoms with Crippen molar-refractivity contribution in [3.8, 4) is 23.0 Å². The Morgan fingerprint density at radius 3 is 1.19 bits per heavy atom. The van der Waals surface area contributed by atoms with E-state index in [2.05, 4.69) is 13.8 Å². The predicted octanol–water partition coefficient (Wildman–Crippen LogP) is 8.52. The number of rotatable bonds is 6. The second kappa shape index (κ2) is 10.4. The molecule has 0 radical (unpaired) electrons. The van der Waals surface area contributed by atoms with Crippen LogP contribution in [0.15, 0.2) is 109 Å². The van der Waals surface area contributed by atoms with Gasteiger partial charge >= 0.3 is 23.9 Å². The van der Waals surface area contributed by atoms with Crippen molar-refractivity contribution >= 4 is 45.4 Å².